The minimum absolute atomic E-state index is 0.164. The van der Waals surface area contributed by atoms with Crippen LogP contribution in [-0.4, -0.2) is 29.1 Å². The standard InChI is InChI=1S/C13H11N3O3S/c17-12(11-7-18-5-6-19-11)16-13-15-10(8-20-13)9-1-3-14-4-2-9/h1-4,7-8H,5-6H2,(H,15,16,17). The number of thiazole rings is 1. The first kappa shape index (κ1) is 12.6. The molecule has 3 rings (SSSR count). The van der Waals surface area contributed by atoms with Crippen LogP contribution in [0.4, 0.5) is 5.13 Å². The number of pyridine rings is 1. The summed E-state index contributed by atoms with van der Waals surface area (Å²) in [6.07, 6.45) is 4.71. The van der Waals surface area contributed by atoms with Gasteiger partial charge in [0.1, 0.15) is 19.5 Å². The Kier molecular flexibility index (Phi) is 3.60. The lowest BCUT2D eigenvalue weighted by Gasteiger charge is -2.14. The van der Waals surface area contributed by atoms with Crippen LogP contribution in [0.5, 0.6) is 0 Å². The Hall–Kier alpha value is -2.41. The summed E-state index contributed by atoms with van der Waals surface area (Å²) in [5.74, 6) is -0.197. The van der Waals surface area contributed by atoms with E-state index in [1.54, 1.807) is 12.4 Å². The monoisotopic (exact) mass is 289 g/mol. The van der Waals surface area contributed by atoms with E-state index in [2.05, 4.69) is 15.3 Å². The fraction of sp³-hybridized carbons (Fsp3) is 0.154. The van der Waals surface area contributed by atoms with E-state index < -0.39 is 0 Å². The Morgan fingerprint density at radius 1 is 1.30 bits per heavy atom. The number of hydrogen-bond donors (Lipinski definition) is 1. The number of ether oxygens (including phenoxy) is 2. The van der Waals surface area contributed by atoms with E-state index in [9.17, 15) is 4.79 Å². The molecule has 7 heteroatoms. The number of nitrogens with one attached hydrogen (secondary N) is 1. The summed E-state index contributed by atoms with van der Waals surface area (Å²) in [4.78, 5) is 20.2. The molecule has 3 heterocycles. The summed E-state index contributed by atoms with van der Waals surface area (Å²) in [7, 11) is 0. The third-order valence-corrected chi connectivity index (χ3v) is 3.33. The number of carbonyl (C=O) groups excluding carboxylic acids is 1. The second-order valence-electron chi connectivity index (χ2n) is 3.93. The van der Waals surface area contributed by atoms with Crippen molar-refractivity contribution in [2.45, 2.75) is 0 Å². The van der Waals surface area contributed by atoms with E-state index in [1.165, 1.54) is 17.6 Å². The fourth-order valence-electron chi connectivity index (χ4n) is 1.63. The molecule has 20 heavy (non-hydrogen) atoms. The van der Waals surface area contributed by atoms with Crippen molar-refractivity contribution in [1.29, 1.82) is 0 Å². The van der Waals surface area contributed by atoms with E-state index in [4.69, 9.17) is 9.47 Å². The van der Waals surface area contributed by atoms with Crippen molar-refractivity contribution in [3.63, 3.8) is 0 Å². The minimum atomic E-state index is -0.361. The summed E-state index contributed by atoms with van der Waals surface area (Å²) in [6, 6.07) is 3.72. The lowest BCUT2D eigenvalue weighted by atomic mass is 10.2. The number of aromatic nitrogens is 2. The number of nitrogens with zero attached hydrogens (tertiary/aromatic N) is 2. The lowest BCUT2D eigenvalue weighted by Crippen LogP contribution is -2.21. The molecule has 0 unspecified atom stereocenters. The van der Waals surface area contributed by atoms with Crippen molar-refractivity contribution >= 4 is 22.4 Å². The Bertz CT molecular complexity index is 639. The van der Waals surface area contributed by atoms with Crippen molar-refractivity contribution in [2.24, 2.45) is 0 Å². The van der Waals surface area contributed by atoms with Gasteiger partial charge in [-0.25, -0.2) is 4.98 Å². The summed E-state index contributed by atoms with van der Waals surface area (Å²) >= 11 is 1.35. The summed E-state index contributed by atoms with van der Waals surface area (Å²) in [6.45, 7) is 0.833. The van der Waals surface area contributed by atoms with Gasteiger partial charge in [0, 0.05) is 23.3 Å². The topological polar surface area (TPSA) is 73.3 Å². The highest BCUT2D eigenvalue weighted by Crippen LogP contribution is 2.24. The van der Waals surface area contributed by atoms with Gasteiger partial charge in [-0.15, -0.1) is 11.3 Å². The number of hydrogen-bond acceptors (Lipinski definition) is 6. The molecule has 0 atom stereocenters. The molecule has 0 aromatic carbocycles. The minimum Gasteiger partial charge on any atom is -0.494 e. The first-order valence-corrected chi connectivity index (χ1v) is 6.83. The molecule has 2 aromatic heterocycles. The third kappa shape index (κ3) is 2.77. The predicted molar refractivity (Wildman–Crippen MR) is 74.0 cm³/mol. The van der Waals surface area contributed by atoms with Crippen molar-refractivity contribution in [1.82, 2.24) is 9.97 Å². The number of anilines is 1. The molecular weight excluding hydrogens is 278 g/mol. The van der Waals surface area contributed by atoms with Crippen molar-refractivity contribution in [3.8, 4) is 11.3 Å². The Morgan fingerprint density at radius 2 is 2.15 bits per heavy atom. The van der Waals surface area contributed by atoms with Gasteiger partial charge in [-0.05, 0) is 12.1 Å². The molecule has 0 spiro atoms. The third-order valence-electron chi connectivity index (χ3n) is 2.57. The number of rotatable bonds is 3. The van der Waals surface area contributed by atoms with Gasteiger partial charge in [0.25, 0.3) is 5.91 Å². The van der Waals surface area contributed by atoms with E-state index in [0.29, 0.717) is 18.3 Å². The quantitative estimate of drug-likeness (QED) is 0.936. The van der Waals surface area contributed by atoms with Gasteiger partial charge >= 0.3 is 0 Å². The fourth-order valence-corrected chi connectivity index (χ4v) is 2.35. The van der Waals surface area contributed by atoms with Gasteiger partial charge in [0.05, 0.1) is 5.69 Å². The van der Waals surface area contributed by atoms with Crippen LogP contribution in [0.25, 0.3) is 11.3 Å². The largest absolute Gasteiger partial charge is 0.494 e. The van der Waals surface area contributed by atoms with E-state index in [1.807, 2.05) is 17.5 Å². The molecule has 6 nitrogen and oxygen atoms in total. The highest BCUT2D eigenvalue weighted by molar-refractivity contribution is 7.14. The van der Waals surface area contributed by atoms with Gasteiger partial charge in [0.15, 0.2) is 5.13 Å². The smallest absolute Gasteiger partial charge is 0.295 e. The molecule has 0 aliphatic carbocycles. The molecular formula is C13H11N3O3S. The van der Waals surface area contributed by atoms with Crippen LogP contribution in [0.15, 0.2) is 41.9 Å². The first-order chi connectivity index (χ1) is 9.83. The second-order valence-corrected chi connectivity index (χ2v) is 4.79. The Labute approximate surface area is 119 Å². The molecule has 1 amide bonds. The van der Waals surface area contributed by atoms with Crippen LogP contribution >= 0.6 is 11.3 Å². The maximum Gasteiger partial charge on any atom is 0.295 e. The maximum atomic E-state index is 11.9. The van der Waals surface area contributed by atoms with Crippen LogP contribution in [0, 0.1) is 0 Å². The van der Waals surface area contributed by atoms with Crippen LogP contribution < -0.4 is 5.32 Å². The zero-order valence-electron chi connectivity index (χ0n) is 10.4. The van der Waals surface area contributed by atoms with Crippen LogP contribution in [0.3, 0.4) is 0 Å². The average molecular weight is 289 g/mol. The summed E-state index contributed by atoms with van der Waals surface area (Å²) < 4.78 is 10.2. The van der Waals surface area contributed by atoms with Gasteiger partial charge in [-0.2, -0.15) is 0 Å². The molecule has 0 saturated heterocycles. The van der Waals surface area contributed by atoms with Gasteiger partial charge in [-0.1, -0.05) is 0 Å². The maximum absolute atomic E-state index is 11.9. The second kappa shape index (κ2) is 5.70. The Balaban J connectivity index is 1.71. The van der Waals surface area contributed by atoms with Crippen LogP contribution in [0.1, 0.15) is 0 Å². The predicted octanol–water partition coefficient (Wildman–Crippen LogP) is 2.03. The highest BCUT2D eigenvalue weighted by atomic mass is 32.1. The summed E-state index contributed by atoms with van der Waals surface area (Å²) in [5, 5.41) is 5.06. The number of carbonyl (C=O) groups is 1. The molecule has 1 aliphatic heterocycles. The SMILES string of the molecule is O=C(Nc1nc(-c2ccncc2)cs1)C1=COCCO1. The molecule has 0 bridgehead atoms. The average Bonchev–Trinajstić information content (AvgIpc) is 2.97. The molecule has 0 radical (unpaired) electrons. The van der Waals surface area contributed by atoms with Crippen molar-refractivity contribution in [2.75, 3.05) is 18.5 Å². The van der Waals surface area contributed by atoms with Crippen LogP contribution in [0.2, 0.25) is 0 Å². The van der Waals surface area contributed by atoms with E-state index in [0.717, 1.165) is 11.3 Å². The molecule has 102 valence electrons. The van der Waals surface area contributed by atoms with Crippen LogP contribution in [-0.2, 0) is 14.3 Å². The first-order valence-electron chi connectivity index (χ1n) is 5.95. The highest BCUT2D eigenvalue weighted by Gasteiger charge is 2.16. The van der Waals surface area contributed by atoms with E-state index >= 15 is 0 Å². The molecule has 1 N–H and O–H groups in total. The van der Waals surface area contributed by atoms with Gasteiger partial charge < -0.3 is 9.47 Å². The molecule has 1 aliphatic rings. The van der Waals surface area contributed by atoms with E-state index in [-0.39, 0.29) is 11.7 Å². The Morgan fingerprint density at radius 3 is 2.90 bits per heavy atom. The molecule has 0 saturated carbocycles. The zero-order valence-corrected chi connectivity index (χ0v) is 11.2. The summed E-state index contributed by atoms with van der Waals surface area (Å²) in [5.41, 5.74) is 1.75. The van der Waals surface area contributed by atoms with Crippen molar-refractivity contribution in [3.05, 3.63) is 41.9 Å². The van der Waals surface area contributed by atoms with Crippen molar-refractivity contribution < 1.29 is 14.3 Å². The molecule has 0 fully saturated rings. The normalized spacial score (nSPS) is 13.9. The lowest BCUT2D eigenvalue weighted by molar-refractivity contribution is -0.117. The molecule has 2 aromatic rings. The van der Waals surface area contributed by atoms with Gasteiger partial charge in [0.2, 0.25) is 5.76 Å². The zero-order chi connectivity index (χ0) is 13.8. The van der Waals surface area contributed by atoms with Gasteiger partial charge in [-0.3, -0.25) is 15.1 Å². The number of amides is 1.